The van der Waals surface area contributed by atoms with Gasteiger partial charge < -0.3 is 5.73 Å². The summed E-state index contributed by atoms with van der Waals surface area (Å²) in [5.74, 6) is 0.117. The molecule has 0 saturated carbocycles. The zero-order chi connectivity index (χ0) is 18.7. The van der Waals surface area contributed by atoms with Crippen molar-refractivity contribution >= 4 is 10.8 Å². The van der Waals surface area contributed by atoms with Crippen LogP contribution in [0.25, 0.3) is 10.8 Å². The van der Waals surface area contributed by atoms with Crippen molar-refractivity contribution in [3.8, 4) is 0 Å². The Bertz CT molecular complexity index is 880. The van der Waals surface area contributed by atoms with Crippen molar-refractivity contribution in [1.29, 1.82) is 0 Å². The van der Waals surface area contributed by atoms with Crippen LogP contribution in [-0.2, 0) is 12.6 Å². The number of hydrogen-bond donors (Lipinski definition) is 1. The first-order valence-corrected chi connectivity index (χ1v) is 8.75. The quantitative estimate of drug-likeness (QED) is 0.602. The fourth-order valence-corrected chi connectivity index (χ4v) is 3.36. The van der Waals surface area contributed by atoms with Crippen LogP contribution in [0.3, 0.4) is 0 Å². The summed E-state index contributed by atoms with van der Waals surface area (Å²) in [6.45, 7) is 2.08. The molecule has 3 rings (SSSR count). The zero-order valence-corrected chi connectivity index (χ0v) is 14.6. The van der Waals surface area contributed by atoms with Gasteiger partial charge in [-0.3, -0.25) is 0 Å². The van der Waals surface area contributed by atoms with Crippen molar-refractivity contribution in [1.82, 2.24) is 0 Å². The van der Waals surface area contributed by atoms with Gasteiger partial charge >= 0.3 is 6.18 Å². The molecule has 0 amide bonds. The number of fused-ring (bicyclic) bond motifs is 1. The van der Waals surface area contributed by atoms with Crippen molar-refractivity contribution in [3.05, 3.63) is 83.4 Å². The highest BCUT2D eigenvalue weighted by Crippen LogP contribution is 2.31. The van der Waals surface area contributed by atoms with Crippen LogP contribution in [0.1, 0.15) is 36.0 Å². The van der Waals surface area contributed by atoms with Gasteiger partial charge in [-0.15, -0.1) is 0 Å². The highest BCUT2D eigenvalue weighted by Gasteiger charge is 2.30. The summed E-state index contributed by atoms with van der Waals surface area (Å²) in [4.78, 5) is 0. The molecule has 136 valence electrons. The second-order valence-electron chi connectivity index (χ2n) is 6.76. The second kappa shape index (κ2) is 7.50. The third-order valence-electron chi connectivity index (χ3n) is 4.98. The van der Waals surface area contributed by atoms with Gasteiger partial charge in [0.05, 0.1) is 5.56 Å². The van der Waals surface area contributed by atoms with E-state index in [9.17, 15) is 13.2 Å². The molecule has 2 N–H and O–H groups in total. The van der Waals surface area contributed by atoms with E-state index in [0.29, 0.717) is 18.4 Å². The fourth-order valence-electron chi connectivity index (χ4n) is 3.36. The van der Waals surface area contributed by atoms with Gasteiger partial charge in [-0.05, 0) is 46.7 Å². The van der Waals surface area contributed by atoms with Crippen LogP contribution in [0.5, 0.6) is 0 Å². The molecule has 3 aromatic rings. The van der Waals surface area contributed by atoms with E-state index in [1.54, 1.807) is 6.07 Å². The molecule has 1 nitrogen and oxygen atoms in total. The maximum Gasteiger partial charge on any atom is 0.416 e. The molecular weight excluding hydrogens is 335 g/mol. The monoisotopic (exact) mass is 357 g/mol. The van der Waals surface area contributed by atoms with E-state index in [1.165, 1.54) is 28.5 Å². The first-order chi connectivity index (χ1) is 12.4. The SMILES string of the molecule is CC(c1cccc2ccccc12)C(N)CCc1cccc(C(F)(F)F)c1. The lowest BCUT2D eigenvalue weighted by Gasteiger charge is -2.22. The second-order valence-corrected chi connectivity index (χ2v) is 6.76. The van der Waals surface area contributed by atoms with Crippen molar-refractivity contribution in [2.24, 2.45) is 5.73 Å². The van der Waals surface area contributed by atoms with E-state index in [2.05, 4.69) is 31.2 Å². The lowest BCUT2D eigenvalue weighted by atomic mass is 9.87. The minimum Gasteiger partial charge on any atom is -0.327 e. The van der Waals surface area contributed by atoms with Gasteiger partial charge in [-0.2, -0.15) is 13.2 Å². The Morgan fingerprint density at radius 3 is 2.38 bits per heavy atom. The summed E-state index contributed by atoms with van der Waals surface area (Å²) in [5.41, 5.74) is 7.63. The Morgan fingerprint density at radius 2 is 1.62 bits per heavy atom. The molecule has 2 unspecified atom stereocenters. The molecule has 4 heteroatoms. The summed E-state index contributed by atoms with van der Waals surface area (Å²) >= 11 is 0. The molecule has 2 atom stereocenters. The number of nitrogens with two attached hydrogens (primary N) is 1. The number of rotatable bonds is 5. The Balaban J connectivity index is 1.73. The summed E-state index contributed by atoms with van der Waals surface area (Å²) in [6, 6.07) is 19.7. The van der Waals surface area contributed by atoms with E-state index in [0.717, 1.165) is 6.07 Å². The summed E-state index contributed by atoms with van der Waals surface area (Å²) in [7, 11) is 0. The molecule has 3 aromatic carbocycles. The number of alkyl halides is 3. The van der Waals surface area contributed by atoms with Crippen LogP contribution in [0.2, 0.25) is 0 Å². The van der Waals surface area contributed by atoms with Crippen LogP contribution in [0, 0.1) is 0 Å². The Morgan fingerprint density at radius 1 is 0.923 bits per heavy atom. The topological polar surface area (TPSA) is 26.0 Å². The average Bonchev–Trinajstić information content (AvgIpc) is 2.64. The Labute approximate surface area is 151 Å². The van der Waals surface area contributed by atoms with E-state index in [4.69, 9.17) is 5.73 Å². The van der Waals surface area contributed by atoms with E-state index in [-0.39, 0.29) is 12.0 Å². The molecule has 0 aromatic heterocycles. The van der Waals surface area contributed by atoms with Crippen LogP contribution >= 0.6 is 0 Å². The lowest BCUT2D eigenvalue weighted by Crippen LogP contribution is -2.27. The predicted octanol–water partition coefficient (Wildman–Crippen LogP) is 5.92. The standard InChI is InChI=1S/C22H22F3N/c1-15(19-11-5-8-17-7-2-3-10-20(17)19)21(26)13-12-16-6-4-9-18(14-16)22(23,24)25/h2-11,14-15,21H,12-13,26H2,1H3. The summed E-state index contributed by atoms with van der Waals surface area (Å²) < 4.78 is 38.5. The summed E-state index contributed by atoms with van der Waals surface area (Å²) in [5, 5.41) is 2.35. The third-order valence-corrected chi connectivity index (χ3v) is 4.98. The van der Waals surface area contributed by atoms with Crippen molar-refractivity contribution < 1.29 is 13.2 Å². The smallest absolute Gasteiger partial charge is 0.327 e. The van der Waals surface area contributed by atoms with E-state index >= 15 is 0 Å². The highest BCUT2D eigenvalue weighted by molar-refractivity contribution is 5.86. The van der Waals surface area contributed by atoms with Gasteiger partial charge in [-0.25, -0.2) is 0 Å². The molecule has 0 aliphatic rings. The van der Waals surface area contributed by atoms with Crippen LogP contribution in [0.4, 0.5) is 13.2 Å². The maximum atomic E-state index is 12.8. The number of aryl methyl sites for hydroxylation is 1. The van der Waals surface area contributed by atoms with Gasteiger partial charge in [0, 0.05) is 6.04 Å². The average molecular weight is 357 g/mol. The fraction of sp³-hybridized carbons (Fsp3) is 0.273. The molecule has 0 radical (unpaired) electrons. The molecule has 0 bridgehead atoms. The molecule has 0 aliphatic heterocycles. The molecule has 0 fully saturated rings. The highest BCUT2D eigenvalue weighted by atomic mass is 19.4. The normalized spacial score (nSPS) is 14.3. The van der Waals surface area contributed by atoms with Crippen LogP contribution in [0.15, 0.2) is 66.7 Å². The third kappa shape index (κ3) is 4.07. The van der Waals surface area contributed by atoms with E-state index < -0.39 is 11.7 Å². The molecule has 26 heavy (non-hydrogen) atoms. The van der Waals surface area contributed by atoms with Gasteiger partial charge in [0.25, 0.3) is 0 Å². The number of halogens is 3. The van der Waals surface area contributed by atoms with Crippen molar-refractivity contribution in [2.45, 2.75) is 37.9 Å². The first-order valence-electron chi connectivity index (χ1n) is 8.75. The Hall–Kier alpha value is -2.33. The van der Waals surface area contributed by atoms with Gasteiger partial charge in [0.1, 0.15) is 0 Å². The maximum absolute atomic E-state index is 12.8. The largest absolute Gasteiger partial charge is 0.416 e. The predicted molar refractivity (Wildman–Crippen MR) is 100 cm³/mol. The van der Waals surface area contributed by atoms with Crippen molar-refractivity contribution in [3.63, 3.8) is 0 Å². The molecular formula is C22H22F3N. The molecule has 0 spiro atoms. The molecule has 0 saturated heterocycles. The van der Waals surface area contributed by atoms with Gasteiger partial charge in [-0.1, -0.05) is 67.6 Å². The van der Waals surface area contributed by atoms with Crippen LogP contribution in [-0.4, -0.2) is 6.04 Å². The van der Waals surface area contributed by atoms with Crippen LogP contribution < -0.4 is 5.73 Å². The Kier molecular flexibility index (Phi) is 5.33. The lowest BCUT2D eigenvalue weighted by molar-refractivity contribution is -0.137. The summed E-state index contributed by atoms with van der Waals surface area (Å²) in [6.07, 6.45) is -3.15. The van der Waals surface area contributed by atoms with Gasteiger partial charge in [0.15, 0.2) is 0 Å². The van der Waals surface area contributed by atoms with Crippen molar-refractivity contribution in [2.75, 3.05) is 0 Å². The van der Waals surface area contributed by atoms with E-state index in [1.807, 2.05) is 18.2 Å². The molecule has 0 heterocycles. The minimum atomic E-state index is -4.31. The van der Waals surface area contributed by atoms with Gasteiger partial charge in [0.2, 0.25) is 0 Å². The minimum absolute atomic E-state index is 0.117. The molecule has 0 aliphatic carbocycles. The number of hydrogen-bond acceptors (Lipinski definition) is 1. The zero-order valence-electron chi connectivity index (χ0n) is 14.6. The number of benzene rings is 3. The first kappa shape index (κ1) is 18.5.